The molecule has 1 aromatic heterocycles. The Balaban J connectivity index is 1.56. The van der Waals surface area contributed by atoms with Gasteiger partial charge in [0.05, 0.1) is 20.4 Å². The van der Waals surface area contributed by atoms with Gasteiger partial charge in [0, 0.05) is 31.7 Å². The topological polar surface area (TPSA) is 108 Å². The number of nitrogens with zero attached hydrogens (tertiary/aromatic N) is 6. The number of piperidine rings is 2. The molecule has 0 spiro atoms. The van der Waals surface area contributed by atoms with Gasteiger partial charge in [0.1, 0.15) is 0 Å². The molecule has 0 atom stereocenters. The second kappa shape index (κ2) is 10.3. The summed E-state index contributed by atoms with van der Waals surface area (Å²) in [5.41, 5.74) is 3.65. The lowest BCUT2D eigenvalue weighted by Crippen LogP contribution is -2.34. The molecule has 2 saturated heterocycles. The van der Waals surface area contributed by atoms with Crippen molar-refractivity contribution in [2.24, 2.45) is 5.10 Å². The Bertz CT molecular complexity index is 880. The number of phenolic OH excluding ortho intramolecular Hbond substituents is 1. The highest BCUT2D eigenvalue weighted by Gasteiger charge is 2.20. The average molecular weight is 442 g/mol. The predicted octanol–water partition coefficient (Wildman–Crippen LogP) is 3.02. The lowest BCUT2D eigenvalue weighted by atomic mass is 10.1. The molecule has 172 valence electrons. The molecule has 2 fully saturated rings. The molecule has 32 heavy (non-hydrogen) atoms. The van der Waals surface area contributed by atoms with Gasteiger partial charge in [0.15, 0.2) is 11.5 Å². The van der Waals surface area contributed by atoms with Gasteiger partial charge >= 0.3 is 0 Å². The summed E-state index contributed by atoms with van der Waals surface area (Å²) >= 11 is 0. The quantitative estimate of drug-likeness (QED) is 0.495. The molecule has 0 radical (unpaired) electrons. The molecule has 10 nitrogen and oxygen atoms in total. The Labute approximate surface area is 188 Å². The van der Waals surface area contributed by atoms with Crippen LogP contribution in [0, 0.1) is 0 Å². The average Bonchev–Trinajstić information content (AvgIpc) is 2.85. The lowest BCUT2D eigenvalue weighted by Gasteiger charge is -2.30. The van der Waals surface area contributed by atoms with E-state index in [1.165, 1.54) is 27.1 Å². The molecule has 2 N–H and O–H groups in total. The standard InChI is InChI=1S/C22H31N7O3/c1-31-17-13-16(14-18(32-2)19(17)30)15-23-27-20-24-21(28-9-5-3-6-10-28)26-22(25-20)29-11-7-4-8-12-29/h13-15,30H,3-12H2,1-2H3,(H,24,25,26,27)/b23-15+. The minimum Gasteiger partial charge on any atom is -0.502 e. The van der Waals surface area contributed by atoms with Crippen LogP contribution < -0.4 is 24.7 Å². The number of ether oxygens (including phenoxy) is 2. The van der Waals surface area contributed by atoms with Gasteiger partial charge in [-0.1, -0.05) is 0 Å². The van der Waals surface area contributed by atoms with Crippen molar-refractivity contribution in [3.05, 3.63) is 17.7 Å². The third-order valence-corrected chi connectivity index (χ3v) is 5.77. The second-order valence-electron chi connectivity index (χ2n) is 8.00. The van der Waals surface area contributed by atoms with Crippen molar-refractivity contribution in [2.75, 3.05) is 55.6 Å². The molecule has 3 heterocycles. The van der Waals surface area contributed by atoms with Crippen LogP contribution in [0.2, 0.25) is 0 Å². The molecule has 2 aliphatic rings. The van der Waals surface area contributed by atoms with Gasteiger partial charge in [0.25, 0.3) is 0 Å². The van der Waals surface area contributed by atoms with Crippen LogP contribution in [-0.2, 0) is 0 Å². The number of aromatic nitrogens is 3. The Hall–Kier alpha value is -3.30. The van der Waals surface area contributed by atoms with E-state index in [1.807, 2.05) is 0 Å². The van der Waals surface area contributed by atoms with Crippen molar-refractivity contribution in [3.63, 3.8) is 0 Å². The minimum atomic E-state index is -0.0464. The first-order chi connectivity index (χ1) is 15.7. The van der Waals surface area contributed by atoms with E-state index in [0.717, 1.165) is 51.9 Å². The van der Waals surface area contributed by atoms with E-state index in [0.29, 0.717) is 34.9 Å². The first-order valence-electron chi connectivity index (χ1n) is 11.2. The SMILES string of the molecule is COc1cc(/C=N/Nc2nc(N3CCCCC3)nc(N3CCCCC3)n2)cc(OC)c1O. The van der Waals surface area contributed by atoms with Gasteiger partial charge in [-0.25, -0.2) is 5.43 Å². The van der Waals surface area contributed by atoms with Crippen molar-refractivity contribution in [2.45, 2.75) is 38.5 Å². The number of anilines is 3. The zero-order valence-corrected chi connectivity index (χ0v) is 18.8. The highest BCUT2D eigenvalue weighted by atomic mass is 16.5. The number of benzene rings is 1. The Morgan fingerprint density at radius 2 is 1.34 bits per heavy atom. The van der Waals surface area contributed by atoms with Crippen molar-refractivity contribution in [3.8, 4) is 17.2 Å². The van der Waals surface area contributed by atoms with Gasteiger partial charge in [-0.2, -0.15) is 20.1 Å². The first-order valence-corrected chi connectivity index (χ1v) is 11.2. The van der Waals surface area contributed by atoms with E-state index in [-0.39, 0.29) is 5.75 Å². The van der Waals surface area contributed by atoms with Crippen LogP contribution >= 0.6 is 0 Å². The maximum atomic E-state index is 10.1. The van der Waals surface area contributed by atoms with Crippen LogP contribution in [0.25, 0.3) is 0 Å². The molecule has 0 unspecified atom stereocenters. The Kier molecular flexibility index (Phi) is 7.08. The summed E-state index contributed by atoms with van der Waals surface area (Å²) in [6.07, 6.45) is 8.69. The molecule has 10 heteroatoms. The number of rotatable bonds is 7. The Morgan fingerprint density at radius 3 is 1.81 bits per heavy atom. The molecular weight excluding hydrogens is 410 g/mol. The summed E-state index contributed by atoms with van der Waals surface area (Å²) in [6, 6.07) is 3.35. The fraction of sp³-hybridized carbons (Fsp3) is 0.545. The highest BCUT2D eigenvalue weighted by molar-refractivity contribution is 5.82. The number of hydrazone groups is 1. The van der Waals surface area contributed by atoms with Crippen molar-refractivity contribution in [1.82, 2.24) is 15.0 Å². The molecular formula is C22H31N7O3. The monoisotopic (exact) mass is 441 g/mol. The van der Waals surface area contributed by atoms with Crippen LogP contribution in [0.1, 0.15) is 44.1 Å². The smallest absolute Gasteiger partial charge is 0.250 e. The highest BCUT2D eigenvalue weighted by Crippen LogP contribution is 2.36. The largest absolute Gasteiger partial charge is 0.502 e. The fourth-order valence-electron chi connectivity index (χ4n) is 4.03. The van der Waals surface area contributed by atoms with Crippen LogP contribution in [0.4, 0.5) is 17.8 Å². The number of hydrogen-bond acceptors (Lipinski definition) is 10. The van der Waals surface area contributed by atoms with Gasteiger partial charge in [-0.05, 0) is 50.7 Å². The molecule has 0 aliphatic carbocycles. The molecule has 4 rings (SSSR count). The van der Waals surface area contributed by atoms with Gasteiger partial charge in [0.2, 0.25) is 23.6 Å². The van der Waals surface area contributed by atoms with Crippen molar-refractivity contribution >= 4 is 24.1 Å². The number of hydrogen-bond donors (Lipinski definition) is 2. The summed E-state index contributed by atoms with van der Waals surface area (Å²) in [5, 5.41) is 14.4. The summed E-state index contributed by atoms with van der Waals surface area (Å²) in [5.74, 6) is 2.39. The fourth-order valence-corrected chi connectivity index (χ4v) is 4.03. The third-order valence-electron chi connectivity index (χ3n) is 5.77. The van der Waals surface area contributed by atoms with Gasteiger partial charge in [-0.15, -0.1) is 0 Å². The normalized spacial score (nSPS) is 16.9. The molecule has 0 amide bonds. The summed E-state index contributed by atoms with van der Waals surface area (Å²) in [4.78, 5) is 18.5. The number of methoxy groups -OCH3 is 2. The zero-order chi connectivity index (χ0) is 22.3. The number of nitrogens with one attached hydrogen (secondary N) is 1. The van der Waals surface area contributed by atoms with Crippen LogP contribution in [0.15, 0.2) is 17.2 Å². The van der Waals surface area contributed by atoms with Gasteiger partial charge < -0.3 is 24.4 Å². The van der Waals surface area contributed by atoms with E-state index in [9.17, 15) is 5.11 Å². The van der Waals surface area contributed by atoms with E-state index in [4.69, 9.17) is 14.5 Å². The predicted molar refractivity (Wildman–Crippen MR) is 124 cm³/mol. The Morgan fingerprint density at radius 1 is 0.844 bits per heavy atom. The zero-order valence-electron chi connectivity index (χ0n) is 18.8. The van der Waals surface area contributed by atoms with Crippen LogP contribution in [0.3, 0.4) is 0 Å². The maximum absolute atomic E-state index is 10.1. The maximum Gasteiger partial charge on any atom is 0.250 e. The van der Waals surface area contributed by atoms with Crippen molar-refractivity contribution < 1.29 is 14.6 Å². The van der Waals surface area contributed by atoms with E-state index in [2.05, 4.69) is 30.3 Å². The minimum absolute atomic E-state index is 0.0464. The van der Waals surface area contributed by atoms with Crippen LogP contribution in [-0.4, -0.2) is 66.7 Å². The van der Waals surface area contributed by atoms with E-state index >= 15 is 0 Å². The summed E-state index contributed by atoms with van der Waals surface area (Å²) in [7, 11) is 2.98. The summed E-state index contributed by atoms with van der Waals surface area (Å²) < 4.78 is 10.4. The van der Waals surface area contributed by atoms with Gasteiger partial charge in [-0.3, -0.25) is 0 Å². The molecule has 2 aliphatic heterocycles. The third kappa shape index (κ3) is 5.12. The molecule has 0 bridgehead atoms. The molecule has 2 aromatic rings. The molecule has 1 aromatic carbocycles. The molecule has 0 saturated carbocycles. The van der Waals surface area contributed by atoms with E-state index < -0.39 is 0 Å². The number of phenols is 1. The number of aromatic hydroxyl groups is 1. The lowest BCUT2D eigenvalue weighted by molar-refractivity contribution is 0.340. The second-order valence-corrected chi connectivity index (χ2v) is 8.00. The summed E-state index contributed by atoms with van der Waals surface area (Å²) in [6.45, 7) is 3.83. The van der Waals surface area contributed by atoms with Crippen molar-refractivity contribution in [1.29, 1.82) is 0 Å². The first kappa shape index (κ1) is 21.9. The van der Waals surface area contributed by atoms with Crippen LogP contribution in [0.5, 0.6) is 17.2 Å². The van der Waals surface area contributed by atoms with E-state index in [1.54, 1.807) is 18.3 Å².